The quantitative estimate of drug-likeness (QED) is 0.711. The summed E-state index contributed by atoms with van der Waals surface area (Å²) in [4.78, 5) is 4.30. The van der Waals surface area contributed by atoms with Crippen molar-refractivity contribution < 1.29 is 5.11 Å². The Morgan fingerprint density at radius 3 is 2.94 bits per heavy atom. The largest absolute Gasteiger partial charge is 0.392 e. The first-order valence-corrected chi connectivity index (χ1v) is 7.19. The zero-order valence-electron chi connectivity index (χ0n) is 10.2. The van der Waals surface area contributed by atoms with Gasteiger partial charge in [0, 0.05) is 31.1 Å². The summed E-state index contributed by atoms with van der Waals surface area (Å²) in [5.41, 5.74) is 0. The third kappa shape index (κ3) is 4.58. The van der Waals surface area contributed by atoms with Crippen LogP contribution in [0.3, 0.4) is 0 Å². The summed E-state index contributed by atoms with van der Waals surface area (Å²) in [5, 5.41) is 9.87. The minimum absolute atomic E-state index is 0.269. The summed E-state index contributed by atoms with van der Waals surface area (Å²) < 4.78 is 2.13. The molecule has 1 rings (SSSR count). The lowest BCUT2D eigenvalue weighted by Crippen LogP contribution is -2.17. The second kappa shape index (κ2) is 7.74. The lowest BCUT2D eigenvalue weighted by atomic mass is 10.2. The Balaban J connectivity index is 2.36. The first-order chi connectivity index (χ1) is 7.77. The van der Waals surface area contributed by atoms with Crippen LogP contribution in [0.4, 0.5) is 0 Å². The van der Waals surface area contributed by atoms with Crippen molar-refractivity contribution in [1.29, 1.82) is 0 Å². The molecule has 0 amide bonds. The van der Waals surface area contributed by atoms with E-state index in [1.54, 1.807) is 0 Å². The summed E-state index contributed by atoms with van der Waals surface area (Å²) in [6.45, 7) is 5.30. The molecule has 1 aromatic heterocycles. The molecule has 1 N–H and O–H groups in total. The van der Waals surface area contributed by atoms with Gasteiger partial charge < -0.3 is 9.67 Å². The number of hydrogen-bond donors (Lipinski definition) is 1. The van der Waals surface area contributed by atoms with Gasteiger partial charge in [-0.3, -0.25) is 0 Å². The molecule has 1 unspecified atom stereocenters. The van der Waals surface area contributed by atoms with E-state index in [1.165, 1.54) is 6.42 Å². The van der Waals surface area contributed by atoms with Crippen LogP contribution in [0, 0.1) is 0 Å². The minimum atomic E-state index is -0.269. The fourth-order valence-electron chi connectivity index (χ4n) is 1.61. The van der Waals surface area contributed by atoms with Crippen LogP contribution in [0.15, 0.2) is 12.4 Å². The average molecular weight is 242 g/mol. The monoisotopic (exact) mass is 242 g/mol. The van der Waals surface area contributed by atoms with Gasteiger partial charge in [0.2, 0.25) is 0 Å². The van der Waals surface area contributed by atoms with Gasteiger partial charge in [0.25, 0.3) is 0 Å². The molecule has 0 bridgehead atoms. The van der Waals surface area contributed by atoms with Crippen molar-refractivity contribution in [1.82, 2.24) is 9.55 Å². The van der Waals surface area contributed by atoms with E-state index in [0.717, 1.165) is 30.3 Å². The molecule has 0 saturated heterocycles. The standard InChI is InChI=1S/C12H22N2OS/c1-3-6-14-7-5-13-12(14)9-11(15)10-16-8-4-2/h5,7,11,15H,3-4,6,8-10H2,1-2H3. The number of aliphatic hydroxyl groups excluding tert-OH is 1. The predicted molar refractivity (Wildman–Crippen MR) is 69.8 cm³/mol. The SMILES string of the molecule is CCCSCC(O)Cc1nccn1CCC. The summed E-state index contributed by atoms with van der Waals surface area (Å²) in [5.74, 6) is 2.94. The van der Waals surface area contributed by atoms with Gasteiger partial charge in [-0.2, -0.15) is 11.8 Å². The number of nitrogens with zero attached hydrogens (tertiary/aromatic N) is 2. The molecular formula is C12H22N2OS. The highest BCUT2D eigenvalue weighted by Crippen LogP contribution is 2.09. The Morgan fingerprint density at radius 1 is 1.44 bits per heavy atom. The maximum atomic E-state index is 9.87. The molecule has 0 aliphatic carbocycles. The molecule has 1 atom stereocenters. The van der Waals surface area contributed by atoms with Gasteiger partial charge in [-0.25, -0.2) is 4.98 Å². The molecule has 0 saturated carbocycles. The van der Waals surface area contributed by atoms with Gasteiger partial charge in [-0.1, -0.05) is 13.8 Å². The van der Waals surface area contributed by atoms with E-state index >= 15 is 0 Å². The number of imidazole rings is 1. The molecule has 3 nitrogen and oxygen atoms in total. The first kappa shape index (κ1) is 13.6. The molecule has 0 radical (unpaired) electrons. The van der Waals surface area contributed by atoms with Gasteiger partial charge in [0.1, 0.15) is 5.82 Å². The van der Waals surface area contributed by atoms with Crippen LogP contribution < -0.4 is 0 Å². The van der Waals surface area contributed by atoms with Gasteiger partial charge in [-0.05, 0) is 18.6 Å². The Kier molecular flexibility index (Phi) is 6.57. The smallest absolute Gasteiger partial charge is 0.111 e. The third-order valence-electron chi connectivity index (χ3n) is 2.34. The second-order valence-corrected chi connectivity index (χ2v) is 5.12. The lowest BCUT2D eigenvalue weighted by Gasteiger charge is -2.11. The maximum absolute atomic E-state index is 9.87. The van der Waals surface area contributed by atoms with E-state index in [2.05, 4.69) is 23.4 Å². The molecule has 0 aromatic carbocycles. The lowest BCUT2D eigenvalue weighted by molar-refractivity contribution is 0.196. The Labute approximate surface area is 102 Å². The van der Waals surface area contributed by atoms with Gasteiger partial charge in [0.15, 0.2) is 0 Å². The summed E-state index contributed by atoms with van der Waals surface area (Å²) in [6.07, 6.45) is 6.48. The Bertz CT molecular complexity index is 288. The Morgan fingerprint density at radius 2 is 2.25 bits per heavy atom. The molecule has 1 aromatic rings. The molecule has 0 fully saturated rings. The average Bonchev–Trinajstić information content (AvgIpc) is 2.67. The fourth-order valence-corrected chi connectivity index (χ4v) is 2.45. The fraction of sp³-hybridized carbons (Fsp3) is 0.750. The van der Waals surface area contributed by atoms with E-state index in [4.69, 9.17) is 0 Å². The molecule has 0 aliphatic heterocycles. The summed E-state index contributed by atoms with van der Waals surface area (Å²) in [6, 6.07) is 0. The van der Waals surface area contributed by atoms with Crippen molar-refractivity contribution in [2.75, 3.05) is 11.5 Å². The maximum Gasteiger partial charge on any atom is 0.111 e. The van der Waals surface area contributed by atoms with Crippen LogP contribution in [0.25, 0.3) is 0 Å². The van der Waals surface area contributed by atoms with Gasteiger partial charge in [0.05, 0.1) is 6.10 Å². The first-order valence-electron chi connectivity index (χ1n) is 6.03. The van der Waals surface area contributed by atoms with Crippen LogP contribution in [-0.4, -0.2) is 32.3 Å². The predicted octanol–water partition coefficient (Wildman–Crippen LogP) is 2.34. The van der Waals surface area contributed by atoms with E-state index < -0.39 is 0 Å². The minimum Gasteiger partial charge on any atom is -0.392 e. The van der Waals surface area contributed by atoms with Gasteiger partial charge in [-0.15, -0.1) is 0 Å². The highest BCUT2D eigenvalue weighted by atomic mass is 32.2. The molecule has 1 heterocycles. The summed E-state index contributed by atoms with van der Waals surface area (Å²) in [7, 11) is 0. The normalized spacial score (nSPS) is 12.9. The van der Waals surface area contributed by atoms with E-state index in [1.807, 2.05) is 24.2 Å². The molecule has 0 aliphatic rings. The number of aromatic nitrogens is 2. The van der Waals surface area contributed by atoms with E-state index in [0.29, 0.717) is 6.42 Å². The Hall–Kier alpha value is -0.480. The van der Waals surface area contributed by atoms with Crippen molar-refractivity contribution in [2.24, 2.45) is 0 Å². The molecule has 0 spiro atoms. The highest BCUT2D eigenvalue weighted by Gasteiger charge is 2.09. The third-order valence-corrected chi connectivity index (χ3v) is 3.66. The number of rotatable bonds is 8. The van der Waals surface area contributed by atoms with Crippen molar-refractivity contribution in [3.8, 4) is 0 Å². The zero-order chi connectivity index (χ0) is 11.8. The van der Waals surface area contributed by atoms with Crippen LogP contribution >= 0.6 is 11.8 Å². The number of thioether (sulfide) groups is 1. The van der Waals surface area contributed by atoms with Crippen LogP contribution in [0.5, 0.6) is 0 Å². The van der Waals surface area contributed by atoms with Crippen molar-refractivity contribution in [2.45, 2.75) is 45.8 Å². The molecule has 92 valence electrons. The number of aliphatic hydroxyl groups is 1. The van der Waals surface area contributed by atoms with Crippen molar-refractivity contribution in [3.05, 3.63) is 18.2 Å². The zero-order valence-corrected chi connectivity index (χ0v) is 11.0. The van der Waals surface area contributed by atoms with Crippen LogP contribution in [0.2, 0.25) is 0 Å². The van der Waals surface area contributed by atoms with E-state index in [9.17, 15) is 5.11 Å². The highest BCUT2D eigenvalue weighted by molar-refractivity contribution is 7.99. The molecule has 4 heteroatoms. The second-order valence-electron chi connectivity index (χ2n) is 3.97. The number of hydrogen-bond acceptors (Lipinski definition) is 3. The van der Waals surface area contributed by atoms with Crippen molar-refractivity contribution >= 4 is 11.8 Å². The topological polar surface area (TPSA) is 38.1 Å². The molecular weight excluding hydrogens is 220 g/mol. The van der Waals surface area contributed by atoms with Gasteiger partial charge >= 0.3 is 0 Å². The van der Waals surface area contributed by atoms with Crippen LogP contribution in [0.1, 0.15) is 32.5 Å². The molecule has 16 heavy (non-hydrogen) atoms. The van der Waals surface area contributed by atoms with E-state index in [-0.39, 0.29) is 6.10 Å². The number of aryl methyl sites for hydroxylation is 1. The van der Waals surface area contributed by atoms with Crippen LogP contribution in [-0.2, 0) is 13.0 Å². The summed E-state index contributed by atoms with van der Waals surface area (Å²) >= 11 is 1.82. The van der Waals surface area contributed by atoms with Crippen molar-refractivity contribution in [3.63, 3.8) is 0 Å².